The number of ether oxygens (including phenoxy) is 1. The highest BCUT2D eigenvalue weighted by atomic mass is 32.2. The van der Waals surface area contributed by atoms with Gasteiger partial charge in [0.1, 0.15) is 0 Å². The molecule has 158 valence electrons. The van der Waals surface area contributed by atoms with Crippen molar-refractivity contribution in [3.63, 3.8) is 0 Å². The van der Waals surface area contributed by atoms with Crippen molar-refractivity contribution in [1.82, 2.24) is 14.4 Å². The molecule has 29 heavy (non-hydrogen) atoms. The Morgan fingerprint density at radius 2 is 1.97 bits per heavy atom. The van der Waals surface area contributed by atoms with E-state index in [-0.39, 0.29) is 11.4 Å². The number of piperidine rings is 1. The molecule has 1 spiro atoms. The molecule has 2 fully saturated rings. The van der Waals surface area contributed by atoms with E-state index in [1.54, 1.807) is 4.31 Å². The lowest BCUT2D eigenvalue weighted by molar-refractivity contribution is -0.121. The molecule has 1 aromatic carbocycles. The van der Waals surface area contributed by atoms with Gasteiger partial charge in [-0.05, 0) is 38.0 Å². The van der Waals surface area contributed by atoms with Crippen LogP contribution >= 0.6 is 0 Å². The number of nitrogens with zero attached hydrogens (tertiary/aromatic N) is 3. The molecular formula is C21H29N3O4S. The standard InChI is InChI=1S/C21H29N3O4S/c1-2-14-29(25,26)24-11-9-21(10-12-24)16-17(8-13-27-21)15-19-22-20(23-28-19)18-6-4-3-5-7-18/h3-7,17H,2,8-16H2,1H3. The minimum absolute atomic E-state index is 0.219. The molecule has 2 aliphatic rings. The van der Waals surface area contributed by atoms with Crippen LogP contribution in [0.3, 0.4) is 0 Å². The lowest BCUT2D eigenvalue weighted by atomic mass is 9.79. The van der Waals surface area contributed by atoms with Crippen LogP contribution in [0.5, 0.6) is 0 Å². The van der Waals surface area contributed by atoms with Crippen LogP contribution in [0.15, 0.2) is 34.9 Å². The third kappa shape index (κ3) is 4.70. The first-order valence-corrected chi connectivity index (χ1v) is 12.1. The molecule has 4 rings (SSSR count). The Kier molecular flexibility index (Phi) is 6.03. The summed E-state index contributed by atoms with van der Waals surface area (Å²) < 4.78 is 38.0. The van der Waals surface area contributed by atoms with E-state index in [1.807, 2.05) is 37.3 Å². The van der Waals surface area contributed by atoms with E-state index in [9.17, 15) is 8.42 Å². The lowest BCUT2D eigenvalue weighted by Crippen LogP contribution is -2.51. The van der Waals surface area contributed by atoms with E-state index in [1.165, 1.54) is 0 Å². The minimum Gasteiger partial charge on any atom is -0.375 e. The predicted molar refractivity (Wildman–Crippen MR) is 110 cm³/mol. The third-order valence-electron chi connectivity index (χ3n) is 6.05. The zero-order valence-corrected chi connectivity index (χ0v) is 17.7. The molecule has 0 saturated carbocycles. The maximum atomic E-state index is 12.3. The molecule has 0 aliphatic carbocycles. The summed E-state index contributed by atoms with van der Waals surface area (Å²) in [5.41, 5.74) is 0.732. The molecule has 7 nitrogen and oxygen atoms in total. The summed E-state index contributed by atoms with van der Waals surface area (Å²) in [7, 11) is -3.13. The van der Waals surface area contributed by atoms with Gasteiger partial charge in [0.05, 0.1) is 11.4 Å². The van der Waals surface area contributed by atoms with Crippen LogP contribution in [0.25, 0.3) is 11.4 Å². The Hall–Kier alpha value is -1.77. The van der Waals surface area contributed by atoms with Crippen LogP contribution < -0.4 is 0 Å². The largest absolute Gasteiger partial charge is 0.375 e. The number of hydrogen-bond donors (Lipinski definition) is 0. The Bertz CT molecular complexity index is 905. The van der Waals surface area contributed by atoms with Crippen molar-refractivity contribution in [3.05, 3.63) is 36.2 Å². The molecule has 3 heterocycles. The molecule has 1 atom stereocenters. The first-order chi connectivity index (χ1) is 14.0. The lowest BCUT2D eigenvalue weighted by Gasteiger charge is -2.45. The summed E-state index contributed by atoms with van der Waals surface area (Å²) in [6.45, 7) is 3.70. The van der Waals surface area contributed by atoms with Gasteiger partial charge in [-0.1, -0.05) is 42.4 Å². The van der Waals surface area contributed by atoms with Crippen molar-refractivity contribution >= 4 is 10.0 Å². The van der Waals surface area contributed by atoms with Crippen molar-refractivity contribution in [2.75, 3.05) is 25.4 Å². The second kappa shape index (κ2) is 8.53. The van der Waals surface area contributed by atoms with Gasteiger partial charge in [0.2, 0.25) is 21.7 Å². The van der Waals surface area contributed by atoms with Gasteiger partial charge in [0.25, 0.3) is 0 Å². The monoisotopic (exact) mass is 419 g/mol. The van der Waals surface area contributed by atoms with Gasteiger partial charge in [-0.3, -0.25) is 0 Å². The van der Waals surface area contributed by atoms with Crippen molar-refractivity contribution in [2.45, 2.75) is 51.0 Å². The van der Waals surface area contributed by atoms with E-state index in [0.717, 1.165) is 37.7 Å². The minimum atomic E-state index is -3.13. The maximum absolute atomic E-state index is 12.3. The number of benzene rings is 1. The van der Waals surface area contributed by atoms with E-state index >= 15 is 0 Å². The van der Waals surface area contributed by atoms with Crippen LogP contribution in [0.2, 0.25) is 0 Å². The highest BCUT2D eigenvalue weighted by Crippen LogP contribution is 2.39. The van der Waals surface area contributed by atoms with Gasteiger partial charge in [0, 0.05) is 31.7 Å². The first kappa shape index (κ1) is 20.5. The van der Waals surface area contributed by atoms with Gasteiger partial charge in [-0.15, -0.1) is 0 Å². The van der Waals surface area contributed by atoms with E-state index in [2.05, 4.69) is 10.1 Å². The van der Waals surface area contributed by atoms with Gasteiger partial charge < -0.3 is 9.26 Å². The Balaban J connectivity index is 1.37. The molecule has 1 aromatic heterocycles. The second-order valence-corrected chi connectivity index (χ2v) is 10.3. The molecule has 0 radical (unpaired) electrons. The van der Waals surface area contributed by atoms with E-state index < -0.39 is 10.0 Å². The Morgan fingerprint density at radius 3 is 2.69 bits per heavy atom. The molecule has 0 amide bonds. The topological polar surface area (TPSA) is 85.5 Å². The molecule has 0 bridgehead atoms. The van der Waals surface area contributed by atoms with E-state index in [4.69, 9.17) is 9.26 Å². The summed E-state index contributed by atoms with van der Waals surface area (Å²) in [5.74, 6) is 1.92. The van der Waals surface area contributed by atoms with Crippen molar-refractivity contribution in [3.8, 4) is 11.4 Å². The van der Waals surface area contributed by atoms with Crippen LogP contribution in [0.4, 0.5) is 0 Å². The Labute approximate surface area is 172 Å². The summed E-state index contributed by atoms with van der Waals surface area (Å²) in [6.07, 6.45) is 4.78. The SMILES string of the molecule is CCCS(=O)(=O)N1CCC2(CC1)CC(Cc1nc(-c3ccccc3)no1)CCO2. The molecular weight excluding hydrogens is 390 g/mol. The van der Waals surface area contributed by atoms with Gasteiger partial charge in [-0.2, -0.15) is 4.98 Å². The molecule has 2 saturated heterocycles. The molecule has 0 N–H and O–H groups in total. The smallest absolute Gasteiger partial charge is 0.227 e. The highest BCUT2D eigenvalue weighted by Gasteiger charge is 2.42. The summed E-state index contributed by atoms with van der Waals surface area (Å²) in [4.78, 5) is 4.57. The van der Waals surface area contributed by atoms with Crippen molar-refractivity contribution in [1.29, 1.82) is 0 Å². The number of rotatable bonds is 6. The normalized spacial score (nSPS) is 22.7. The fourth-order valence-electron chi connectivity index (χ4n) is 4.50. The molecule has 2 aromatic rings. The predicted octanol–water partition coefficient (Wildman–Crippen LogP) is 3.28. The fraction of sp³-hybridized carbons (Fsp3) is 0.619. The average Bonchev–Trinajstić information content (AvgIpc) is 3.18. The maximum Gasteiger partial charge on any atom is 0.227 e. The van der Waals surface area contributed by atoms with Crippen LogP contribution in [-0.2, 0) is 21.2 Å². The Morgan fingerprint density at radius 1 is 1.21 bits per heavy atom. The first-order valence-electron chi connectivity index (χ1n) is 10.5. The van der Waals surface area contributed by atoms with E-state index in [0.29, 0.717) is 43.8 Å². The van der Waals surface area contributed by atoms with Gasteiger partial charge >= 0.3 is 0 Å². The quantitative estimate of drug-likeness (QED) is 0.714. The zero-order chi connectivity index (χ0) is 20.3. The summed E-state index contributed by atoms with van der Waals surface area (Å²) in [6, 6.07) is 9.82. The second-order valence-electron chi connectivity index (χ2n) is 8.19. The summed E-state index contributed by atoms with van der Waals surface area (Å²) in [5, 5.41) is 4.12. The molecule has 1 unspecified atom stereocenters. The highest BCUT2D eigenvalue weighted by molar-refractivity contribution is 7.89. The zero-order valence-electron chi connectivity index (χ0n) is 16.9. The number of sulfonamides is 1. The van der Waals surface area contributed by atoms with Gasteiger partial charge in [-0.25, -0.2) is 12.7 Å². The van der Waals surface area contributed by atoms with Crippen LogP contribution in [0.1, 0.15) is 44.9 Å². The summed E-state index contributed by atoms with van der Waals surface area (Å²) >= 11 is 0. The molecule has 2 aliphatic heterocycles. The number of hydrogen-bond acceptors (Lipinski definition) is 6. The third-order valence-corrected chi connectivity index (χ3v) is 8.12. The van der Waals surface area contributed by atoms with Crippen molar-refractivity contribution < 1.29 is 17.7 Å². The fourth-order valence-corrected chi connectivity index (χ4v) is 6.01. The van der Waals surface area contributed by atoms with Crippen molar-refractivity contribution in [2.24, 2.45) is 5.92 Å². The molecule has 8 heteroatoms. The van der Waals surface area contributed by atoms with Crippen LogP contribution in [-0.4, -0.2) is 53.9 Å². The van der Waals surface area contributed by atoms with Crippen LogP contribution in [0, 0.1) is 5.92 Å². The number of aromatic nitrogens is 2. The van der Waals surface area contributed by atoms with Gasteiger partial charge in [0.15, 0.2) is 0 Å². The average molecular weight is 420 g/mol.